The average Bonchev–Trinajstić information content (AvgIpc) is 2.82. The van der Waals surface area contributed by atoms with E-state index in [1.165, 1.54) is 17.7 Å². The van der Waals surface area contributed by atoms with E-state index in [-0.39, 0.29) is 18.3 Å². The first kappa shape index (κ1) is 17.5. The van der Waals surface area contributed by atoms with E-state index in [1.54, 1.807) is 0 Å². The molecule has 0 bridgehead atoms. The number of nitrogens with zero attached hydrogens (tertiary/aromatic N) is 3. The van der Waals surface area contributed by atoms with Crippen molar-refractivity contribution in [3.63, 3.8) is 0 Å². The molecule has 0 aromatic carbocycles. The van der Waals surface area contributed by atoms with Gasteiger partial charge in [-0.05, 0) is 33.4 Å². The molecule has 0 aliphatic carbocycles. The van der Waals surface area contributed by atoms with Crippen LogP contribution in [0, 0.1) is 6.92 Å². The van der Waals surface area contributed by atoms with Gasteiger partial charge in [-0.3, -0.25) is 9.48 Å². The maximum absolute atomic E-state index is 13.3. The number of nitrogens with one attached hydrogen (secondary N) is 1. The van der Waals surface area contributed by atoms with E-state index < -0.39 is 23.3 Å². The molecule has 23 heavy (non-hydrogen) atoms. The lowest BCUT2D eigenvalue weighted by Crippen LogP contribution is -2.34. The fourth-order valence-electron chi connectivity index (χ4n) is 2.94. The van der Waals surface area contributed by atoms with Crippen molar-refractivity contribution in [1.29, 1.82) is 0 Å². The smallest absolute Gasteiger partial charge is 0.348 e. The van der Waals surface area contributed by atoms with Crippen LogP contribution in [0.15, 0.2) is 12.7 Å². The van der Waals surface area contributed by atoms with Gasteiger partial charge in [-0.25, -0.2) is 0 Å². The molecular weight excluding hydrogens is 309 g/mol. The monoisotopic (exact) mass is 330 g/mol. The largest absolute Gasteiger partial charge is 0.435 e. The van der Waals surface area contributed by atoms with E-state index in [0.717, 1.165) is 19.4 Å². The van der Waals surface area contributed by atoms with Gasteiger partial charge in [-0.15, -0.1) is 6.58 Å². The Morgan fingerprint density at radius 1 is 1.52 bits per heavy atom. The van der Waals surface area contributed by atoms with Gasteiger partial charge >= 0.3 is 6.18 Å². The van der Waals surface area contributed by atoms with Crippen molar-refractivity contribution in [2.24, 2.45) is 0 Å². The summed E-state index contributed by atoms with van der Waals surface area (Å²) in [6.45, 7) is 6.59. The molecule has 1 aliphatic heterocycles. The minimum absolute atomic E-state index is 0.104. The van der Waals surface area contributed by atoms with Gasteiger partial charge < -0.3 is 10.2 Å². The van der Waals surface area contributed by atoms with E-state index in [1.807, 2.05) is 7.05 Å². The van der Waals surface area contributed by atoms with E-state index in [4.69, 9.17) is 0 Å². The first-order chi connectivity index (χ1) is 10.8. The Morgan fingerprint density at radius 3 is 2.78 bits per heavy atom. The molecule has 1 aromatic rings. The Hall–Kier alpha value is -1.83. The van der Waals surface area contributed by atoms with Crippen LogP contribution in [0.5, 0.6) is 0 Å². The molecule has 2 rings (SSSR count). The van der Waals surface area contributed by atoms with Gasteiger partial charge in [-0.2, -0.15) is 18.3 Å². The van der Waals surface area contributed by atoms with Gasteiger partial charge in [0, 0.05) is 18.8 Å². The number of carbonyl (C=O) groups excluding carboxylic acids is 1. The molecule has 1 fully saturated rings. The SMILES string of the molecule is C=CCNC(=O)c1c(C(F)(F)F)nn(C2CCCN(C)C2)c1C. The second-order valence-electron chi connectivity index (χ2n) is 5.81. The lowest BCUT2D eigenvalue weighted by atomic mass is 10.1. The standard InChI is InChI=1S/C15H21F3N4O/c1-4-7-19-14(23)12-10(2)22(20-13(12)15(16,17)18)11-6-5-8-21(3)9-11/h4,11H,1,5-9H2,2-3H3,(H,19,23). The highest BCUT2D eigenvalue weighted by Gasteiger charge is 2.41. The van der Waals surface area contributed by atoms with E-state index >= 15 is 0 Å². The fraction of sp³-hybridized carbons (Fsp3) is 0.600. The van der Waals surface area contributed by atoms with Crippen molar-refractivity contribution >= 4 is 5.91 Å². The number of likely N-dealkylation sites (tertiary alicyclic amines) is 1. The van der Waals surface area contributed by atoms with Gasteiger partial charge in [-0.1, -0.05) is 6.08 Å². The van der Waals surface area contributed by atoms with Crippen molar-refractivity contribution in [3.8, 4) is 0 Å². The number of piperidine rings is 1. The number of amides is 1. The van der Waals surface area contributed by atoms with Crippen LogP contribution >= 0.6 is 0 Å². The minimum atomic E-state index is -4.67. The van der Waals surface area contributed by atoms with Crippen molar-refractivity contribution in [2.75, 3.05) is 26.7 Å². The third-order valence-corrected chi connectivity index (χ3v) is 4.00. The zero-order chi connectivity index (χ0) is 17.2. The lowest BCUT2D eigenvalue weighted by Gasteiger charge is -2.30. The number of halogens is 3. The molecule has 0 saturated carbocycles. The molecule has 1 saturated heterocycles. The number of hydrogen-bond donors (Lipinski definition) is 1. The Bertz CT molecular complexity index is 594. The van der Waals surface area contributed by atoms with E-state index in [0.29, 0.717) is 6.54 Å². The second kappa shape index (κ2) is 6.74. The maximum atomic E-state index is 13.3. The Labute approximate surface area is 133 Å². The van der Waals surface area contributed by atoms with Crippen LogP contribution < -0.4 is 5.32 Å². The average molecular weight is 330 g/mol. The Morgan fingerprint density at radius 2 is 2.22 bits per heavy atom. The van der Waals surface area contributed by atoms with Crippen LogP contribution in [0.3, 0.4) is 0 Å². The zero-order valence-electron chi connectivity index (χ0n) is 13.3. The third kappa shape index (κ3) is 3.74. The topological polar surface area (TPSA) is 50.2 Å². The van der Waals surface area contributed by atoms with Crippen molar-refractivity contribution in [1.82, 2.24) is 20.0 Å². The normalized spacial score (nSPS) is 19.6. The molecule has 1 N–H and O–H groups in total. The molecule has 2 heterocycles. The number of hydrogen-bond acceptors (Lipinski definition) is 3. The van der Waals surface area contributed by atoms with Crippen LogP contribution in [0.4, 0.5) is 13.2 Å². The molecule has 1 aromatic heterocycles. The van der Waals surface area contributed by atoms with Crippen LogP contribution in [0.25, 0.3) is 0 Å². The molecule has 1 aliphatic rings. The summed E-state index contributed by atoms with van der Waals surface area (Å²) >= 11 is 0. The summed E-state index contributed by atoms with van der Waals surface area (Å²) in [6, 6.07) is -0.157. The van der Waals surface area contributed by atoms with Crippen LogP contribution in [-0.2, 0) is 6.18 Å². The van der Waals surface area contributed by atoms with Crippen LogP contribution in [0.2, 0.25) is 0 Å². The maximum Gasteiger partial charge on any atom is 0.435 e. The molecule has 1 unspecified atom stereocenters. The van der Waals surface area contributed by atoms with E-state index in [9.17, 15) is 18.0 Å². The Balaban J connectivity index is 2.43. The van der Waals surface area contributed by atoms with Crippen molar-refractivity contribution < 1.29 is 18.0 Å². The number of carbonyl (C=O) groups is 1. The Kier molecular flexibility index (Phi) is 5.13. The summed E-state index contributed by atoms with van der Waals surface area (Å²) in [5, 5.41) is 6.15. The van der Waals surface area contributed by atoms with Gasteiger partial charge in [0.15, 0.2) is 5.69 Å². The lowest BCUT2D eigenvalue weighted by molar-refractivity contribution is -0.142. The van der Waals surface area contributed by atoms with Crippen LogP contribution in [-0.4, -0.2) is 47.3 Å². The number of rotatable bonds is 4. The van der Waals surface area contributed by atoms with Crippen molar-refractivity contribution in [3.05, 3.63) is 29.6 Å². The molecule has 0 radical (unpaired) electrons. The van der Waals surface area contributed by atoms with Crippen molar-refractivity contribution in [2.45, 2.75) is 32.0 Å². The highest BCUT2D eigenvalue weighted by molar-refractivity contribution is 5.96. The van der Waals surface area contributed by atoms with E-state index in [2.05, 4.69) is 21.9 Å². The summed E-state index contributed by atoms with van der Waals surface area (Å²) in [5.41, 5.74) is -1.27. The predicted molar refractivity (Wildman–Crippen MR) is 80.3 cm³/mol. The molecule has 8 heteroatoms. The third-order valence-electron chi connectivity index (χ3n) is 4.00. The molecule has 1 atom stereocenters. The van der Waals surface area contributed by atoms with Gasteiger partial charge in [0.2, 0.25) is 0 Å². The highest BCUT2D eigenvalue weighted by atomic mass is 19.4. The first-order valence-electron chi connectivity index (χ1n) is 7.49. The minimum Gasteiger partial charge on any atom is -0.348 e. The second-order valence-corrected chi connectivity index (χ2v) is 5.81. The van der Waals surface area contributed by atoms with Crippen LogP contribution in [0.1, 0.15) is 40.6 Å². The van der Waals surface area contributed by atoms with Gasteiger partial charge in [0.05, 0.1) is 11.6 Å². The fourth-order valence-corrected chi connectivity index (χ4v) is 2.94. The molecule has 1 amide bonds. The first-order valence-corrected chi connectivity index (χ1v) is 7.49. The highest BCUT2D eigenvalue weighted by Crippen LogP contribution is 2.34. The summed E-state index contributed by atoms with van der Waals surface area (Å²) < 4.78 is 41.2. The number of aromatic nitrogens is 2. The number of alkyl halides is 3. The molecule has 5 nitrogen and oxygen atoms in total. The number of likely N-dealkylation sites (N-methyl/N-ethyl adjacent to an activating group) is 1. The van der Waals surface area contributed by atoms with Gasteiger partial charge in [0.1, 0.15) is 0 Å². The summed E-state index contributed by atoms with van der Waals surface area (Å²) in [5.74, 6) is -0.773. The summed E-state index contributed by atoms with van der Waals surface area (Å²) in [6.07, 6.45) is -1.61. The quantitative estimate of drug-likeness (QED) is 0.863. The van der Waals surface area contributed by atoms with Gasteiger partial charge in [0.25, 0.3) is 5.91 Å². The summed E-state index contributed by atoms with van der Waals surface area (Å²) in [7, 11) is 1.92. The summed E-state index contributed by atoms with van der Waals surface area (Å²) in [4.78, 5) is 14.2. The zero-order valence-corrected chi connectivity index (χ0v) is 13.3. The molecular formula is C15H21F3N4O. The predicted octanol–water partition coefficient (Wildman–Crippen LogP) is 2.39. The molecule has 0 spiro atoms. The molecule has 128 valence electrons.